The summed E-state index contributed by atoms with van der Waals surface area (Å²) in [5, 5.41) is 9.25. The van der Waals surface area contributed by atoms with Crippen LogP contribution < -0.4 is 25.9 Å². The van der Waals surface area contributed by atoms with Gasteiger partial charge in [0.2, 0.25) is 11.8 Å². The van der Waals surface area contributed by atoms with Gasteiger partial charge in [-0.1, -0.05) is 26.7 Å². The highest BCUT2D eigenvalue weighted by atomic mass is 16.5. The Morgan fingerprint density at radius 3 is 2.56 bits per heavy atom. The Kier molecular flexibility index (Phi) is 15.3. The zero-order valence-electron chi connectivity index (χ0n) is 46.9. The second-order valence-electron chi connectivity index (χ2n) is 25.2. The summed E-state index contributed by atoms with van der Waals surface area (Å²) in [7, 11) is 1.74. The first kappa shape index (κ1) is 53.7. The van der Waals surface area contributed by atoms with Crippen molar-refractivity contribution in [3.8, 4) is 11.3 Å². The molecule has 8 atom stereocenters. The highest BCUT2D eigenvalue weighted by molar-refractivity contribution is 5.95. The summed E-state index contributed by atoms with van der Waals surface area (Å²) in [5.74, 6) is -0.405. The Labute approximate surface area is 460 Å². The number of carbonyl (C=O) groups excluding carboxylic acids is 4. The average Bonchev–Trinajstić information content (AvgIpc) is 3.96. The Morgan fingerprint density at radius 1 is 0.936 bits per heavy atom. The first-order valence-electron chi connectivity index (χ1n) is 29.7. The molecule has 3 aromatic rings. The van der Waals surface area contributed by atoms with E-state index in [9.17, 15) is 9.59 Å². The largest absolute Gasteiger partial charge is 0.464 e. The predicted octanol–water partition coefficient (Wildman–Crippen LogP) is 4.11. The number of nitrogens with one attached hydrogen (secondary N) is 3. The minimum absolute atomic E-state index is 0.0351. The highest BCUT2D eigenvalue weighted by Gasteiger charge is 2.51. The van der Waals surface area contributed by atoms with E-state index < -0.39 is 23.5 Å². The minimum Gasteiger partial charge on any atom is -0.464 e. The first-order chi connectivity index (χ1) is 37.8. The third kappa shape index (κ3) is 10.8. The van der Waals surface area contributed by atoms with Crippen molar-refractivity contribution in [2.75, 3.05) is 122 Å². The van der Waals surface area contributed by atoms with Crippen LogP contribution in [0.4, 0.5) is 11.4 Å². The molecule has 1 aliphatic carbocycles. The number of carbonyl (C=O) groups is 4. The number of hydrogen-bond acceptors (Lipinski definition) is 15. The number of aromatic nitrogens is 2. The van der Waals surface area contributed by atoms with E-state index in [1.165, 1.54) is 5.56 Å². The van der Waals surface area contributed by atoms with Crippen molar-refractivity contribution in [1.82, 2.24) is 45.3 Å². The molecule has 10 heterocycles. The number of hydrogen-bond donors (Lipinski definition) is 3. The van der Waals surface area contributed by atoms with Crippen molar-refractivity contribution in [2.45, 2.75) is 141 Å². The second-order valence-corrected chi connectivity index (χ2v) is 25.2. The van der Waals surface area contributed by atoms with Crippen molar-refractivity contribution in [2.24, 2.45) is 16.7 Å². The lowest BCUT2D eigenvalue weighted by molar-refractivity contribution is -0.156. The lowest BCUT2D eigenvalue weighted by atomic mass is 9.84. The Morgan fingerprint density at radius 2 is 1.76 bits per heavy atom. The van der Waals surface area contributed by atoms with Crippen LogP contribution in [0.2, 0.25) is 0 Å². The molecule has 1 aromatic carbocycles. The third-order valence-corrected chi connectivity index (χ3v) is 19.2. The zero-order valence-corrected chi connectivity index (χ0v) is 46.9. The Balaban J connectivity index is 0.877. The van der Waals surface area contributed by atoms with Crippen LogP contribution in [-0.2, 0) is 51.1 Å². The van der Waals surface area contributed by atoms with E-state index in [4.69, 9.17) is 23.9 Å². The van der Waals surface area contributed by atoms with E-state index in [1.54, 1.807) is 12.1 Å². The summed E-state index contributed by atoms with van der Waals surface area (Å²) in [6.07, 6.45) is 9.33. The number of cyclic esters (lactones) is 1. The van der Waals surface area contributed by atoms with E-state index >= 15 is 9.59 Å². The number of fused-ring (bicyclic) bond motifs is 7. The molecular formula is C59H85N11O8. The number of morpholine rings is 2. The molecule has 3 N–H and O–H groups in total. The summed E-state index contributed by atoms with van der Waals surface area (Å²) in [5.41, 5.74) is 10.2. The van der Waals surface area contributed by atoms with Gasteiger partial charge >= 0.3 is 5.97 Å². The average molecular weight is 1080 g/mol. The first-order valence-corrected chi connectivity index (χ1v) is 29.7. The fraction of sp³-hybridized carbons (Fsp3) is 0.712. The minimum atomic E-state index is -0.906. The molecule has 7 saturated heterocycles. The number of piperazine rings is 1. The highest BCUT2D eigenvalue weighted by Crippen LogP contribution is 2.45. The normalized spacial score (nSPS) is 30.1. The quantitative estimate of drug-likeness (QED) is 0.194. The number of methoxy groups -OCH3 is 1. The van der Waals surface area contributed by atoms with Crippen molar-refractivity contribution >= 4 is 46.0 Å². The van der Waals surface area contributed by atoms with Crippen LogP contribution in [0.1, 0.15) is 103 Å². The van der Waals surface area contributed by atoms with Crippen molar-refractivity contribution in [3.05, 3.63) is 41.7 Å². The van der Waals surface area contributed by atoms with Crippen molar-refractivity contribution in [3.63, 3.8) is 0 Å². The van der Waals surface area contributed by atoms with Gasteiger partial charge in [-0.2, -0.15) is 0 Å². The number of esters is 1. The number of aryl methyl sites for hydroxylation is 1. The molecule has 19 heteroatoms. The lowest BCUT2D eigenvalue weighted by Crippen LogP contribution is -2.62. The van der Waals surface area contributed by atoms with Crippen molar-refractivity contribution < 1.29 is 38.1 Å². The van der Waals surface area contributed by atoms with E-state index in [0.717, 1.165) is 150 Å². The van der Waals surface area contributed by atoms with Gasteiger partial charge in [-0.15, -0.1) is 0 Å². The molecule has 2 aromatic heterocycles. The molecule has 8 fully saturated rings. The van der Waals surface area contributed by atoms with Gasteiger partial charge in [-0.3, -0.25) is 39.0 Å². The van der Waals surface area contributed by atoms with E-state index in [2.05, 4.69) is 92.2 Å². The van der Waals surface area contributed by atoms with Gasteiger partial charge in [-0.05, 0) is 101 Å². The molecule has 12 rings (SSSR count). The molecular weight excluding hydrogens is 991 g/mol. The summed E-state index contributed by atoms with van der Waals surface area (Å²) < 4.78 is 27.4. The SMILES string of the molecule is CCn1c(-c2cc(N3CCN4CCOC[C@@H]4C3)cnc2[C@H](C)OC)c2c3cc(ccc31)N1CCO[C@@H](C[C@H](NC(=O)[C@H](C3CCCC3)N3CC[C@]4(CCN(C(=O)[C@H]5CN5)C4)C3)C(=O)N3CCC[C@H](N3)C(=O)OCC(C)(C)C2)C1. The molecule has 8 aliphatic heterocycles. The predicted molar refractivity (Wildman–Crippen MR) is 297 cm³/mol. The van der Waals surface area contributed by atoms with Gasteiger partial charge in [-0.25, -0.2) is 5.43 Å². The van der Waals surface area contributed by atoms with Gasteiger partial charge in [0.15, 0.2) is 0 Å². The van der Waals surface area contributed by atoms with Crippen LogP contribution in [0, 0.1) is 16.7 Å². The molecule has 3 amide bonds. The maximum absolute atomic E-state index is 15.2. The summed E-state index contributed by atoms with van der Waals surface area (Å²) in [6.45, 7) is 20.5. The molecule has 0 radical (unpaired) electrons. The molecule has 19 nitrogen and oxygen atoms in total. The summed E-state index contributed by atoms with van der Waals surface area (Å²) >= 11 is 0. The van der Waals surface area contributed by atoms with Crippen LogP contribution in [0.3, 0.4) is 0 Å². The Bertz CT molecular complexity index is 2730. The van der Waals surface area contributed by atoms with E-state index in [1.807, 2.05) is 11.1 Å². The molecule has 0 unspecified atom stereocenters. The zero-order chi connectivity index (χ0) is 53.9. The fourth-order valence-electron chi connectivity index (χ4n) is 14.8. The van der Waals surface area contributed by atoms with Crippen LogP contribution >= 0.6 is 0 Å². The third-order valence-electron chi connectivity index (χ3n) is 19.2. The molecule has 9 aliphatic rings. The molecule has 1 saturated carbocycles. The molecule has 6 bridgehead atoms. The van der Waals surface area contributed by atoms with Gasteiger partial charge in [0.25, 0.3) is 5.91 Å². The van der Waals surface area contributed by atoms with Gasteiger partial charge in [0.1, 0.15) is 12.1 Å². The van der Waals surface area contributed by atoms with Gasteiger partial charge in [0.05, 0.1) is 80.0 Å². The van der Waals surface area contributed by atoms with Crippen molar-refractivity contribution in [1.29, 1.82) is 0 Å². The summed E-state index contributed by atoms with van der Waals surface area (Å²) in [6, 6.07) is 7.38. The van der Waals surface area contributed by atoms with Crippen LogP contribution in [0.25, 0.3) is 22.2 Å². The molecule has 424 valence electrons. The topological polar surface area (TPSA) is 188 Å². The molecule has 1 spiro atoms. The number of ether oxygens (including phenoxy) is 4. The van der Waals surface area contributed by atoms with Crippen LogP contribution in [0.5, 0.6) is 0 Å². The van der Waals surface area contributed by atoms with Crippen LogP contribution in [-0.4, -0.2) is 201 Å². The second kappa shape index (κ2) is 22.2. The monoisotopic (exact) mass is 1080 g/mol. The smallest absolute Gasteiger partial charge is 0.324 e. The number of hydrazine groups is 1. The number of likely N-dealkylation sites (tertiary alicyclic amines) is 2. The van der Waals surface area contributed by atoms with Crippen LogP contribution in [0.15, 0.2) is 30.5 Å². The van der Waals surface area contributed by atoms with E-state index in [-0.39, 0.29) is 66.4 Å². The van der Waals surface area contributed by atoms with Gasteiger partial charge in [0, 0.05) is 125 Å². The number of nitrogens with zero attached hydrogens (tertiary/aromatic N) is 8. The number of pyridine rings is 1. The van der Waals surface area contributed by atoms with Gasteiger partial charge < -0.3 is 48.8 Å². The summed E-state index contributed by atoms with van der Waals surface area (Å²) in [4.78, 5) is 74.8. The van der Waals surface area contributed by atoms with E-state index in [0.29, 0.717) is 58.1 Å². The number of benzene rings is 1. The molecule has 78 heavy (non-hydrogen) atoms. The number of anilines is 2. The standard InChI is InChI=1S/C59H85N11O8/c1-6-69-50-14-13-40-26-44(50)46(53(69)45-27-41(30-61-51(45)38(2)75-5)65-21-20-64-22-24-76-34-42(64)32-65)29-58(3,4)37-78-57(74)47-12-9-17-70(63-47)56(73)48(28-43-33-66(40)23-25-77-43)62-54(71)52(39-10-7-8-11-39)67-18-15-59(35-67)16-19-68(36-59)55(72)49-31-60-49/h13-14,26-27,30,38-39,42-43,47-49,52,60,63H,6-12,15-25,28-29,31-37H2,1-5H3,(H,62,71)/t38-,42-,43-,47-,48-,49+,52-,59-/m0/s1. The number of amides is 3. The maximum Gasteiger partial charge on any atom is 0.324 e. The lowest BCUT2D eigenvalue weighted by Gasteiger charge is -2.44. The maximum atomic E-state index is 15.2. The Hall–Kier alpha value is -4.89. The fourth-order valence-corrected chi connectivity index (χ4v) is 14.8. The number of rotatable bonds is 10.